The highest BCUT2D eigenvalue weighted by molar-refractivity contribution is 5.37. The van der Waals surface area contributed by atoms with Crippen molar-refractivity contribution < 1.29 is 18.3 Å². The first kappa shape index (κ1) is 16.6. The molecule has 4 nitrogen and oxygen atoms in total. The van der Waals surface area contributed by atoms with Gasteiger partial charge in [0.25, 0.3) is 0 Å². The van der Waals surface area contributed by atoms with Crippen LogP contribution in [0.25, 0.3) is 0 Å². The lowest BCUT2D eigenvalue weighted by Crippen LogP contribution is -2.48. The third kappa shape index (κ3) is 2.47. The van der Waals surface area contributed by atoms with Gasteiger partial charge in [-0.25, -0.2) is 4.98 Å². The van der Waals surface area contributed by atoms with Crippen LogP contribution in [0.5, 0.6) is 0 Å². The Morgan fingerprint density at radius 2 is 1.92 bits per heavy atom. The minimum absolute atomic E-state index is 0.0310. The van der Waals surface area contributed by atoms with Gasteiger partial charge >= 0.3 is 6.18 Å². The molecule has 0 radical (unpaired) electrons. The molecule has 7 heteroatoms. The highest BCUT2D eigenvalue weighted by Gasteiger charge is 2.72. The van der Waals surface area contributed by atoms with Crippen molar-refractivity contribution >= 4 is 0 Å². The summed E-state index contributed by atoms with van der Waals surface area (Å²) in [6, 6.07) is 5.36. The van der Waals surface area contributed by atoms with Crippen LogP contribution in [0.15, 0.2) is 36.9 Å². The first-order chi connectivity index (χ1) is 11.6. The molecule has 0 spiro atoms. The van der Waals surface area contributed by atoms with Gasteiger partial charge in [0.2, 0.25) is 0 Å². The molecule has 4 unspecified atom stereocenters. The van der Waals surface area contributed by atoms with Crippen LogP contribution in [0.1, 0.15) is 37.3 Å². The standard InChI is InChI=1S/C18H20F3N3O/c1-16(2)7-13-14(11-3-5-12(6-4-11)18(19,20)21)15(13)17(16,25)8-24-10-22-9-23-24/h3-6,9-10,13-15,25H,7-8H2,1-2H3. The summed E-state index contributed by atoms with van der Waals surface area (Å²) in [5.41, 5.74) is -1.01. The molecular formula is C18H20F3N3O. The zero-order valence-corrected chi connectivity index (χ0v) is 14.0. The van der Waals surface area contributed by atoms with Gasteiger partial charge in [-0.15, -0.1) is 0 Å². The SMILES string of the molecule is CC1(C)CC2C(c3ccc(C(F)(F)F)cc3)C2C1(O)Cn1cncn1. The average Bonchev–Trinajstić information content (AvgIpc) is 2.89. The van der Waals surface area contributed by atoms with Gasteiger partial charge in [-0.2, -0.15) is 18.3 Å². The van der Waals surface area contributed by atoms with Crippen LogP contribution in [0.4, 0.5) is 13.2 Å². The minimum atomic E-state index is -4.33. The predicted molar refractivity (Wildman–Crippen MR) is 84.5 cm³/mol. The number of benzene rings is 1. The maximum atomic E-state index is 12.7. The van der Waals surface area contributed by atoms with Crippen molar-refractivity contribution in [3.05, 3.63) is 48.0 Å². The summed E-state index contributed by atoms with van der Waals surface area (Å²) < 4.78 is 39.9. The van der Waals surface area contributed by atoms with Gasteiger partial charge in [0.1, 0.15) is 12.7 Å². The van der Waals surface area contributed by atoms with E-state index in [1.54, 1.807) is 23.1 Å². The van der Waals surface area contributed by atoms with Crippen LogP contribution in [0.2, 0.25) is 0 Å². The zero-order valence-electron chi connectivity index (χ0n) is 14.0. The summed E-state index contributed by atoms with van der Waals surface area (Å²) >= 11 is 0. The third-order valence-electron chi connectivity index (χ3n) is 6.13. The molecule has 0 bridgehead atoms. The van der Waals surface area contributed by atoms with Crippen LogP contribution < -0.4 is 0 Å². The molecule has 2 aliphatic carbocycles. The molecule has 1 aromatic carbocycles. The van der Waals surface area contributed by atoms with Gasteiger partial charge in [0.05, 0.1) is 17.7 Å². The number of hydrogen-bond acceptors (Lipinski definition) is 3. The maximum absolute atomic E-state index is 12.7. The number of nitrogens with zero attached hydrogens (tertiary/aromatic N) is 3. The van der Waals surface area contributed by atoms with Gasteiger partial charge in [-0.3, -0.25) is 4.68 Å². The second kappa shape index (κ2) is 5.06. The van der Waals surface area contributed by atoms with E-state index in [0.717, 1.165) is 24.1 Å². The Hall–Kier alpha value is -1.89. The third-order valence-corrected chi connectivity index (χ3v) is 6.13. The molecule has 4 rings (SSSR count). The summed E-state index contributed by atoms with van der Waals surface area (Å²) in [4.78, 5) is 3.93. The fourth-order valence-corrected chi connectivity index (χ4v) is 4.73. The molecule has 2 aromatic rings. The monoisotopic (exact) mass is 351 g/mol. The Kier molecular flexibility index (Phi) is 3.36. The van der Waals surface area contributed by atoms with E-state index in [1.165, 1.54) is 6.33 Å². The number of fused-ring (bicyclic) bond motifs is 1. The van der Waals surface area contributed by atoms with Crippen molar-refractivity contribution in [3.63, 3.8) is 0 Å². The van der Waals surface area contributed by atoms with E-state index in [2.05, 4.69) is 10.1 Å². The van der Waals surface area contributed by atoms with Gasteiger partial charge in [-0.1, -0.05) is 26.0 Å². The largest absolute Gasteiger partial charge is 0.416 e. The highest BCUT2D eigenvalue weighted by atomic mass is 19.4. The summed E-state index contributed by atoms with van der Waals surface area (Å²) in [5.74, 6) is 0.424. The molecule has 134 valence electrons. The second-order valence-electron chi connectivity index (χ2n) is 7.94. The lowest BCUT2D eigenvalue weighted by atomic mass is 9.72. The predicted octanol–water partition coefficient (Wildman–Crippen LogP) is 3.49. The van der Waals surface area contributed by atoms with Gasteiger partial charge in [0, 0.05) is 5.92 Å². The lowest BCUT2D eigenvalue weighted by molar-refractivity contribution is -0.137. The molecule has 2 saturated carbocycles. The van der Waals surface area contributed by atoms with Gasteiger partial charge in [0.15, 0.2) is 0 Å². The van der Waals surface area contributed by atoms with Crippen LogP contribution in [-0.4, -0.2) is 25.5 Å². The molecule has 1 N–H and O–H groups in total. The average molecular weight is 351 g/mol. The van der Waals surface area contributed by atoms with E-state index < -0.39 is 17.3 Å². The van der Waals surface area contributed by atoms with Crippen LogP contribution in [0.3, 0.4) is 0 Å². The number of aromatic nitrogens is 3. The maximum Gasteiger partial charge on any atom is 0.416 e. The van der Waals surface area contributed by atoms with E-state index in [-0.39, 0.29) is 17.3 Å². The molecule has 25 heavy (non-hydrogen) atoms. The number of aliphatic hydroxyl groups is 1. The number of hydrogen-bond donors (Lipinski definition) is 1. The molecule has 0 saturated heterocycles. The first-order valence-corrected chi connectivity index (χ1v) is 8.35. The van der Waals surface area contributed by atoms with Crippen LogP contribution in [0, 0.1) is 17.3 Å². The molecule has 1 heterocycles. The van der Waals surface area contributed by atoms with E-state index >= 15 is 0 Å². The van der Waals surface area contributed by atoms with E-state index in [9.17, 15) is 18.3 Å². The van der Waals surface area contributed by atoms with Crippen LogP contribution in [-0.2, 0) is 12.7 Å². The molecule has 4 atom stereocenters. The molecular weight excluding hydrogens is 331 g/mol. The number of rotatable bonds is 3. The van der Waals surface area contributed by atoms with E-state index in [1.807, 2.05) is 13.8 Å². The van der Waals surface area contributed by atoms with Crippen molar-refractivity contribution in [1.29, 1.82) is 0 Å². The minimum Gasteiger partial charge on any atom is -0.387 e. The van der Waals surface area contributed by atoms with E-state index in [0.29, 0.717) is 12.5 Å². The second-order valence-corrected chi connectivity index (χ2v) is 7.94. The zero-order chi connectivity index (χ0) is 18.0. The first-order valence-electron chi connectivity index (χ1n) is 8.35. The van der Waals surface area contributed by atoms with Crippen LogP contribution >= 0.6 is 0 Å². The quantitative estimate of drug-likeness (QED) is 0.921. The Morgan fingerprint density at radius 1 is 1.24 bits per heavy atom. The summed E-state index contributed by atoms with van der Waals surface area (Å²) in [6.07, 6.45) is -0.470. The molecule has 0 aliphatic heterocycles. The fourth-order valence-electron chi connectivity index (χ4n) is 4.73. The van der Waals surface area contributed by atoms with Gasteiger partial charge in [-0.05, 0) is 41.4 Å². The molecule has 2 aliphatic rings. The smallest absolute Gasteiger partial charge is 0.387 e. The van der Waals surface area contributed by atoms with Crippen molar-refractivity contribution in [2.45, 2.75) is 44.5 Å². The Balaban J connectivity index is 1.59. The van der Waals surface area contributed by atoms with Crippen molar-refractivity contribution in [1.82, 2.24) is 14.8 Å². The molecule has 0 amide bonds. The fraction of sp³-hybridized carbons (Fsp3) is 0.556. The topological polar surface area (TPSA) is 50.9 Å². The summed E-state index contributed by atoms with van der Waals surface area (Å²) in [7, 11) is 0. The number of halogens is 3. The van der Waals surface area contributed by atoms with Crippen molar-refractivity contribution in [2.75, 3.05) is 0 Å². The lowest BCUT2D eigenvalue weighted by Gasteiger charge is -2.40. The summed E-state index contributed by atoms with van der Waals surface area (Å²) in [6.45, 7) is 4.43. The normalized spacial score (nSPS) is 33.3. The Morgan fingerprint density at radius 3 is 2.48 bits per heavy atom. The number of alkyl halides is 3. The van der Waals surface area contributed by atoms with E-state index in [4.69, 9.17) is 0 Å². The Bertz CT molecular complexity index is 770. The molecule has 1 aromatic heterocycles. The van der Waals surface area contributed by atoms with Gasteiger partial charge < -0.3 is 5.11 Å². The summed E-state index contributed by atoms with van der Waals surface area (Å²) in [5, 5.41) is 15.5. The highest BCUT2D eigenvalue weighted by Crippen LogP contribution is 2.72. The van der Waals surface area contributed by atoms with Crippen molar-refractivity contribution in [2.24, 2.45) is 17.3 Å². The Labute approximate surface area is 143 Å². The van der Waals surface area contributed by atoms with Crippen molar-refractivity contribution in [3.8, 4) is 0 Å². The molecule has 2 fully saturated rings.